The van der Waals surface area contributed by atoms with Crippen molar-refractivity contribution in [2.24, 2.45) is 0 Å². The summed E-state index contributed by atoms with van der Waals surface area (Å²) in [5.74, 6) is -0.0139. The van der Waals surface area contributed by atoms with Crippen molar-refractivity contribution >= 4 is 5.97 Å². The lowest BCUT2D eigenvalue weighted by atomic mass is 9.94. The van der Waals surface area contributed by atoms with Crippen LogP contribution in [0.15, 0.2) is 0 Å². The van der Waals surface area contributed by atoms with Crippen molar-refractivity contribution in [3.05, 3.63) is 0 Å². The van der Waals surface area contributed by atoms with E-state index >= 15 is 0 Å². The van der Waals surface area contributed by atoms with Crippen LogP contribution in [0.25, 0.3) is 0 Å². The van der Waals surface area contributed by atoms with Gasteiger partial charge >= 0.3 is 5.97 Å². The molecule has 0 aromatic heterocycles. The van der Waals surface area contributed by atoms with Crippen LogP contribution < -0.4 is 0 Å². The van der Waals surface area contributed by atoms with Crippen molar-refractivity contribution in [2.75, 3.05) is 48.4 Å². The highest BCUT2D eigenvalue weighted by molar-refractivity contribution is 5.74. The summed E-state index contributed by atoms with van der Waals surface area (Å²) < 4.78 is 7.06. The number of hydrogen-bond donors (Lipinski definition) is 0. The van der Waals surface area contributed by atoms with Gasteiger partial charge in [-0.2, -0.15) is 0 Å². The first-order valence-electron chi connectivity index (χ1n) is 6.95. The van der Waals surface area contributed by atoms with Gasteiger partial charge in [0.1, 0.15) is 13.2 Å². The van der Waals surface area contributed by atoms with Crippen LogP contribution in [-0.4, -0.2) is 75.4 Å². The molecule has 4 nitrogen and oxygen atoms in total. The van der Waals surface area contributed by atoms with Crippen LogP contribution in [0.1, 0.15) is 26.2 Å². The van der Waals surface area contributed by atoms with E-state index < -0.39 is 0 Å². The number of piperidine rings is 1. The molecular formula is C14H30N2O2+2. The highest BCUT2D eigenvalue weighted by atomic mass is 16.5. The monoisotopic (exact) mass is 258 g/mol. The van der Waals surface area contributed by atoms with Crippen molar-refractivity contribution in [2.45, 2.75) is 38.3 Å². The lowest BCUT2D eigenvalue weighted by Gasteiger charge is -2.44. The molecule has 0 spiro atoms. The Balaban J connectivity index is 2.50. The number of nitrogens with zero attached hydrogens (tertiary/aromatic N) is 2. The molecule has 1 fully saturated rings. The molecular weight excluding hydrogens is 228 g/mol. The van der Waals surface area contributed by atoms with Crippen LogP contribution in [0.3, 0.4) is 0 Å². The maximum absolute atomic E-state index is 12.2. The van der Waals surface area contributed by atoms with Gasteiger partial charge in [-0.1, -0.05) is 0 Å². The molecule has 0 N–H and O–H groups in total. The Kier molecular flexibility index (Phi) is 4.78. The fraction of sp³-hybridized carbons (Fsp3) is 0.929. The fourth-order valence-electron chi connectivity index (χ4n) is 2.49. The highest BCUT2D eigenvalue weighted by Crippen LogP contribution is 2.28. The Bertz CT molecular complexity index is 295. The van der Waals surface area contributed by atoms with Gasteiger partial charge in [0.15, 0.2) is 6.04 Å². The first-order valence-corrected chi connectivity index (χ1v) is 6.95. The molecule has 1 aliphatic rings. The topological polar surface area (TPSA) is 26.3 Å². The molecule has 2 atom stereocenters. The smallest absolute Gasteiger partial charge is 0.365 e. The average Bonchev–Trinajstić information content (AvgIpc) is 2.19. The highest BCUT2D eigenvalue weighted by Gasteiger charge is 2.42. The summed E-state index contributed by atoms with van der Waals surface area (Å²) >= 11 is 0. The molecule has 0 radical (unpaired) electrons. The van der Waals surface area contributed by atoms with Crippen molar-refractivity contribution in [1.29, 1.82) is 0 Å². The van der Waals surface area contributed by atoms with E-state index in [0.29, 0.717) is 12.6 Å². The summed E-state index contributed by atoms with van der Waals surface area (Å²) in [7, 11) is 10.6. The van der Waals surface area contributed by atoms with Crippen LogP contribution in [0.4, 0.5) is 0 Å². The number of rotatable bonds is 4. The Hall–Kier alpha value is -0.610. The molecule has 0 amide bonds. The molecule has 1 saturated heterocycles. The molecule has 1 rings (SSSR count). The Labute approximate surface area is 112 Å². The average molecular weight is 258 g/mol. The van der Waals surface area contributed by atoms with Crippen LogP contribution in [0.2, 0.25) is 0 Å². The van der Waals surface area contributed by atoms with Crippen LogP contribution in [0.5, 0.6) is 0 Å². The minimum absolute atomic E-state index is 0.0139. The lowest BCUT2D eigenvalue weighted by molar-refractivity contribution is -0.934. The SMILES string of the molecule is C[C@H]1CCC[C@H](C(=O)OCC[N+](C)(C)C)[N+]1(C)C. The van der Waals surface area contributed by atoms with E-state index in [2.05, 4.69) is 42.2 Å². The van der Waals surface area contributed by atoms with Gasteiger partial charge in [0.25, 0.3) is 0 Å². The van der Waals surface area contributed by atoms with E-state index in [9.17, 15) is 4.79 Å². The lowest BCUT2D eigenvalue weighted by Crippen LogP contribution is -2.60. The van der Waals surface area contributed by atoms with E-state index in [1.165, 1.54) is 6.42 Å². The van der Waals surface area contributed by atoms with Gasteiger partial charge < -0.3 is 13.7 Å². The zero-order chi connectivity index (χ0) is 14.0. The number of quaternary nitrogens is 2. The predicted molar refractivity (Wildman–Crippen MR) is 73.1 cm³/mol. The first-order chi connectivity index (χ1) is 8.14. The molecule has 0 aromatic carbocycles. The van der Waals surface area contributed by atoms with Gasteiger partial charge in [-0.05, 0) is 19.8 Å². The molecule has 106 valence electrons. The number of carbonyl (C=O) groups is 1. The molecule has 4 heteroatoms. The zero-order valence-corrected chi connectivity index (χ0v) is 12.9. The maximum atomic E-state index is 12.2. The quantitative estimate of drug-likeness (QED) is 0.560. The molecule has 0 bridgehead atoms. The summed E-state index contributed by atoms with van der Waals surface area (Å²) in [6, 6.07) is 0.552. The molecule has 18 heavy (non-hydrogen) atoms. The largest absolute Gasteiger partial charge is 0.455 e. The summed E-state index contributed by atoms with van der Waals surface area (Å²) in [6.07, 6.45) is 3.30. The van der Waals surface area contributed by atoms with Gasteiger partial charge in [0.2, 0.25) is 0 Å². The normalized spacial score (nSPS) is 27.9. The van der Waals surface area contributed by atoms with Gasteiger partial charge in [0, 0.05) is 6.42 Å². The van der Waals surface area contributed by atoms with Crippen LogP contribution in [-0.2, 0) is 9.53 Å². The number of likely N-dealkylation sites (N-methyl/N-ethyl adjacent to an activating group) is 2. The third-order valence-corrected chi connectivity index (χ3v) is 4.32. The van der Waals surface area contributed by atoms with E-state index in [1.54, 1.807) is 0 Å². The summed E-state index contributed by atoms with van der Waals surface area (Å²) in [4.78, 5) is 12.2. The maximum Gasteiger partial charge on any atom is 0.365 e. The number of likely N-dealkylation sites (tertiary alicyclic amines) is 1. The summed E-state index contributed by atoms with van der Waals surface area (Å²) in [5, 5.41) is 0. The van der Waals surface area contributed by atoms with E-state index in [4.69, 9.17) is 4.74 Å². The van der Waals surface area contributed by atoms with Gasteiger partial charge in [-0.15, -0.1) is 0 Å². The predicted octanol–water partition coefficient (Wildman–Crippen LogP) is 1.25. The van der Waals surface area contributed by atoms with Crippen molar-refractivity contribution in [3.8, 4) is 0 Å². The van der Waals surface area contributed by atoms with E-state index in [0.717, 1.165) is 28.4 Å². The zero-order valence-electron chi connectivity index (χ0n) is 12.9. The third kappa shape index (κ3) is 3.95. The standard InChI is InChI=1S/C14H30N2O2/c1-12-8-7-9-13(16(12,5)6)14(17)18-11-10-15(2,3)4/h12-13H,7-11H2,1-6H3/q+2/t12-,13+/m0/s1. The fourth-order valence-corrected chi connectivity index (χ4v) is 2.49. The molecule has 0 saturated carbocycles. The van der Waals surface area contributed by atoms with E-state index in [1.807, 2.05) is 0 Å². The molecule has 1 aliphatic heterocycles. The second-order valence-electron chi connectivity index (χ2n) is 7.11. The number of carbonyl (C=O) groups excluding carboxylic acids is 1. The van der Waals surface area contributed by atoms with Crippen molar-refractivity contribution in [3.63, 3.8) is 0 Å². The van der Waals surface area contributed by atoms with Crippen molar-refractivity contribution < 1.29 is 18.5 Å². The Morgan fingerprint density at radius 1 is 1.28 bits per heavy atom. The molecule has 0 aliphatic carbocycles. The number of hydrogen-bond acceptors (Lipinski definition) is 2. The Morgan fingerprint density at radius 3 is 2.44 bits per heavy atom. The first kappa shape index (κ1) is 15.4. The second-order valence-corrected chi connectivity index (χ2v) is 7.11. The van der Waals surface area contributed by atoms with Gasteiger partial charge in [-0.25, -0.2) is 4.79 Å². The van der Waals surface area contributed by atoms with Gasteiger partial charge in [0.05, 0.1) is 41.3 Å². The van der Waals surface area contributed by atoms with Crippen LogP contribution in [0, 0.1) is 0 Å². The summed E-state index contributed by atoms with van der Waals surface area (Å²) in [5.41, 5.74) is 0. The Morgan fingerprint density at radius 2 is 1.89 bits per heavy atom. The van der Waals surface area contributed by atoms with E-state index in [-0.39, 0.29) is 12.0 Å². The second kappa shape index (κ2) is 5.57. The minimum atomic E-state index is -0.0139. The third-order valence-electron chi connectivity index (χ3n) is 4.32. The van der Waals surface area contributed by atoms with Crippen LogP contribution >= 0.6 is 0 Å². The molecule has 0 unspecified atom stereocenters. The van der Waals surface area contributed by atoms with Crippen molar-refractivity contribution in [1.82, 2.24) is 0 Å². The number of esters is 1. The summed E-state index contributed by atoms with van der Waals surface area (Å²) in [6.45, 7) is 3.61. The molecule has 1 heterocycles. The molecule has 0 aromatic rings. The minimum Gasteiger partial charge on any atom is -0.455 e. The number of ether oxygens (including phenoxy) is 1. The van der Waals surface area contributed by atoms with Gasteiger partial charge in [-0.3, -0.25) is 0 Å².